The lowest BCUT2D eigenvalue weighted by atomic mass is 10.1. The quantitative estimate of drug-likeness (QED) is 0.599. The van der Waals surface area contributed by atoms with E-state index in [1.165, 1.54) is 5.56 Å². The van der Waals surface area contributed by atoms with Crippen molar-refractivity contribution in [1.82, 2.24) is 0 Å². The SMILES string of the molecule is C.Nc1ccccc1.O=CCO.OCCCc1ccccc1. The Kier molecular flexibility index (Phi) is 17.0. The fraction of sp³-hybridized carbons (Fsp3) is 0.278. The first-order valence-corrected chi connectivity index (χ1v) is 6.74. The third-order valence-electron chi connectivity index (χ3n) is 2.34. The van der Waals surface area contributed by atoms with E-state index in [4.69, 9.17) is 20.7 Å². The van der Waals surface area contributed by atoms with Gasteiger partial charge in [0.25, 0.3) is 0 Å². The first kappa shape index (κ1) is 22.1. The highest BCUT2D eigenvalue weighted by atomic mass is 16.3. The van der Waals surface area contributed by atoms with E-state index in [1.807, 2.05) is 48.5 Å². The molecular formula is C18H27NO3. The van der Waals surface area contributed by atoms with Crippen LogP contribution in [0.15, 0.2) is 60.7 Å². The second-order valence-corrected chi connectivity index (χ2v) is 4.07. The van der Waals surface area contributed by atoms with Crippen molar-refractivity contribution >= 4 is 12.0 Å². The molecule has 0 amide bonds. The minimum Gasteiger partial charge on any atom is -0.399 e. The number of aryl methyl sites for hydroxylation is 1. The molecule has 0 saturated carbocycles. The van der Waals surface area contributed by atoms with E-state index >= 15 is 0 Å². The van der Waals surface area contributed by atoms with Gasteiger partial charge in [-0.3, -0.25) is 0 Å². The highest BCUT2D eigenvalue weighted by Crippen LogP contribution is 2.00. The Morgan fingerprint density at radius 2 is 1.36 bits per heavy atom. The third kappa shape index (κ3) is 14.2. The van der Waals surface area contributed by atoms with Gasteiger partial charge in [0.1, 0.15) is 6.29 Å². The molecular weight excluding hydrogens is 278 g/mol. The number of rotatable bonds is 4. The second kappa shape index (κ2) is 16.9. The van der Waals surface area contributed by atoms with Crippen molar-refractivity contribution in [3.63, 3.8) is 0 Å². The van der Waals surface area contributed by atoms with Gasteiger partial charge in [-0.15, -0.1) is 0 Å². The average molecular weight is 305 g/mol. The normalized spacial score (nSPS) is 8.27. The summed E-state index contributed by atoms with van der Waals surface area (Å²) in [6.07, 6.45) is 2.28. The van der Waals surface area contributed by atoms with E-state index in [1.54, 1.807) is 0 Å². The molecule has 4 heteroatoms. The third-order valence-corrected chi connectivity index (χ3v) is 2.34. The van der Waals surface area contributed by atoms with E-state index in [9.17, 15) is 0 Å². The van der Waals surface area contributed by atoms with Crippen LogP contribution in [-0.2, 0) is 11.2 Å². The molecule has 122 valence electrons. The molecule has 22 heavy (non-hydrogen) atoms. The summed E-state index contributed by atoms with van der Waals surface area (Å²) in [6, 6.07) is 19.7. The summed E-state index contributed by atoms with van der Waals surface area (Å²) in [4.78, 5) is 8.92. The highest BCUT2D eigenvalue weighted by molar-refractivity contribution is 5.49. The molecule has 4 nitrogen and oxygen atoms in total. The smallest absolute Gasteiger partial charge is 0.145 e. The molecule has 2 aromatic rings. The van der Waals surface area contributed by atoms with Crippen molar-refractivity contribution in [2.24, 2.45) is 0 Å². The van der Waals surface area contributed by atoms with Gasteiger partial charge in [0.15, 0.2) is 0 Å². The van der Waals surface area contributed by atoms with Gasteiger partial charge in [0.2, 0.25) is 0 Å². The van der Waals surface area contributed by atoms with Crippen molar-refractivity contribution in [3.8, 4) is 0 Å². The molecule has 0 aliphatic rings. The maximum Gasteiger partial charge on any atom is 0.145 e. The zero-order chi connectivity index (χ0) is 15.8. The molecule has 2 aromatic carbocycles. The maximum atomic E-state index is 8.92. The number of nitrogens with two attached hydrogens (primary N) is 1. The predicted molar refractivity (Wildman–Crippen MR) is 92.6 cm³/mol. The van der Waals surface area contributed by atoms with Gasteiger partial charge in [-0.05, 0) is 30.5 Å². The Morgan fingerprint density at radius 3 is 1.68 bits per heavy atom. The molecule has 0 spiro atoms. The van der Waals surface area contributed by atoms with Gasteiger partial charge in [0.05, 0.1) is 6.61 Å². The van der Waals surface area contributed by atoms with Gasteiger partial charge in [-0.1, -0.05) is 56.0 Å². The number of nitrogen functional groups attached to an aromatic ring is 1. The number of carbonyl (C=O) groups is 1. The van der Waals surface area contributed by atoms with E-state index in [0.717, 1.165) is 18.5 Å². The van der Waals surface area contributed by atoms with Crippen LogP contribution in [0.2, 0.25) is 0 Å². The summed E-state index contributed by atoms with van der Waals surface area (Å²) in [5, 5.41) is 16.0. The summed E-state index contributed by atoms with van der Waals surface area (Å²) in [6.45, 7) is -0.0745. The van der Waals surface area contributed by atoms with Crippen LogP contribution in [-0.4, -0.2) is 29.7 Å². The molecule has 2 rings (SSSR count). The molecule has 0 bridgehead atoms. The van der Waals surface area contributed by atoms with Crippen LogP contribution in [0.25, 0.3) is 0 Å². The zero-order valence-corrected chi connectivity index (χ0v) is 12.1. The van der Waals surface area contributed by atoms with E-state index in [-0.39, 0.29) is 20.6 Å². The summed E-state index contributed by atoms with van der Waals surface area (Å²) >= 11 is 0. The summed E-state index contributed by atoms with van der Waals surface area (Å²) < 4.78 is 0. The molecule has 0 radical (unpaired) electrons. The number of hydrogen-bond acceptors (Lipinski definition) is 4. The number of aliphatic hydroxyl groups is 2. The topological polar surface area (TPSA) is 83.6 Å². The summed E-state index contributed by atoms with van der Waals surface area (Å²) in [5.74, 6) is 0. The highest BCUT2D eigenvalue weighted by Gasteiger charge is 1.88. The Morgan fingerprint density at radius 1 is 0.909 bits per heavy atom. The lowest BCUT2D eigenvalue weighted by Crippen LogP contribution is -1.87. The largest absolute Gasteiger partial charge is 0.399 e. The lowest BCUT2D eigenvalue weighted by molar-refractivity contribution is -0.110. The monoisotopic (exact) mass is 305 g/mol. The zero-order valence-electron chi connectivity index (χ0n) is 12.1. The molecule has 0 unspecified atom stereocenters. The first-order valence-electron chi connectivity index (χ1n) is 6.74. The van der Waals surface area contributed by atoms with Crippen molar-refractivity contribution in [2.75, 3.05) is 18.9 Å². The number of benzene rings is 2. The van der Waals surface area contributed by atoms with Crippen LogP contribution in [0.4, 0.5) is 5.69 Å². The second-order valence-electron chi connectivity index (χ2n) is 4.07. The number of carbonyl (C=O) groups excluding carboxylic acids is 1. The Bertz CT molecular complexity index is 446. The van der Waals surface area contributed by atoms with Crippen LogP contribution >= 0.6 is 0 Å². The van der Waals surface area contributed by atoms with Crippen LogP contribution in [0.5, 0.6) is 0 Å². The molecule has 0 aliphatic heterocycles. The standard InChI is InChI=1S/C9H12O.C6H7N.C2H4O2.CH4/c10-8-4-7-9-5-2-1-3-6-9;7-6-4-2-1-3-5-6;3-1-2-4;/h1-3,5-6,10H,4,7-8H2;1-5H,7H2;1,4H,2H2;1H4. The molecule has 0 atom stereocenters. The Hall–Kier alpha value is -2.17. The minimum atomic E-state index is -0.361. The van der Waals surface area contributed by atoms with E-state index in [2.05, 4.69) is 12.1 Å². The number of hydrogen-bond donors (Lipinski definition) is 3. The van der Waals surface area contributed by atoms with Gasteiger partial charge >= 0.3 is 0 Å². The van der Waals surface area contributed by atoms with Gasteiger partial charge in [-0.25, -0.2) is 0 Å². The molecule has 4 N–H and O–H groups in total. The fourth-order valence-electron chi connectivity index (χ4n) is 1.38. The van der Waals surface area contributed by atoms with E-state index < -0.39 is 0 Å². The van der Waals surface area contributed by atoms with Crippen LogP contribution in [0.1, 0.15) is 19.4 Å². The minimum absolute atomic E-state index is 0. The lowest BCUT2D eigenvalue weighted by Gasteiger charge is -1.96. The van der Waals surface area contributed by atoms with Crippen molar-refractivity contribution in [2.45, 2.75) is 20.3 Å². The molecule has 0 heterocycles. The summed E-state index contributed by atoms with van der Waals surface area (Å²) in [7, 11) is 0. The van der Waals surface area contributed by atoms with Crippen molar-refractivity contribution < 1.29 is 15.0 Å². The number of aliphatic hydroxyl groups excluding tert-OH is 2. The van der Waals surface area contributed by atoms with Crippen LogP contribution in [0, 0.1) is 0 Å². The maximum absolute atomic E-state index is 8.92. The van der Waals surface area contributed by atoms with Gasteiger partial charge in [-0.2, -0.15) is 0 Å². The Balaban J connectivity index is 0. The van der Waals surface area contributed by atoms with Crippen LogP contribution < -0.4 is 5.73 Å². The number of para-hydroxylation sites is 1. The van der Waals surface area contributed by atoms with E-state index in [0.29, 0.717) is 6.29 Å². The molecule has 0 fully saturated rings. The van der Waals surface area contributed by atoms with Gasteiger partial charge < -0.3 is 20.7 Å². The molecule has 0 aliphatic carbocycles. The fourth-order valence-corrected chi connectivity index (χ4v) is 1.38. The average Bonchev–Trinajstić information content (AvgIpc) is 2.55. The van der Waals surface area contributed by atoms with Crippen molar-refractivity contribution in [1.29, 1.82) is 0 Å². The first-order chi connectivity index (χ1) is 10.2. The molecule has 0 aromatic heterocycles. The van der Waals surface area contributed by atoms with Crippen molar-refractivity contribution in [3.05, 3.63) is 66.2 Å². The van der Waals surface area contributed by atoms with Crippen LogP contribution in [0.3, 0.4) is 0 Å². The number of aldehydes is 1. The number of anilines is 1. The molecule has 0 saturated heterocycles. The Labute approximate surface area is 133 Å². The van der Waals surface area contributed by atoms with Gasteiger partial charge in [0, 0.05) is 12.3 Å². The summed E-state index contributed by atoms with van der Waals surface area (Å²) in [5.41, 5.74) is 7.48. The predicted octanol–water partition coefficient (Wildman–Crippen LogP) is 2.69.